The van der Waals surface area contributed by atoms with Gasteiger partial charge in [0.05, 0.1) is 5.54 Å². The lowest BCUT2D eigenvalue weighted by Crippen LogP contribution is -2.52. The Morgan fingerprint density at radius 2 is 1.75 bits per heavy atom. The standard InChI is InChI=1S/C16H20N4/c17-15-19-13-2-1-3-18-14(13)20(15)16-7-10-4-11(8-16)6-12(5-10)9-16/h1-3,10-12H,4-9H2,(H2,17,19). The normalized spacial score (nSPS) is 38.7. The number of aromatic nitrogens is 3. The van der Waals surface area contributed by atoms with E-state index in [4.69, 9.17) is 5.73 Å². The smallest absolute Gasteiger partial charge is 0.202 e. The van der Waals surface area contributed by atoms with E-state index in [0.29, 0.717) is 5.95 Å². The van der Waals surface area contributed by atoms with Gasteiger partial charge in [0.25, 0.3) is 0 Å². The van der Waals surface area contributed by atoms with Crippen molar-refractivity contribution in [3.05, 3.63) is 18.3 Å². The molecule has 0 aliphatic heterocycles. The Morgan fingerprint density at radius 3 is 2.40 bits per heavy atom. The third-order valence-corrected chi connectivity index (χ3v) is 5.92. The van der Waals surface area contributed by atoms with E-state index in [1.807, 2.05) is 18.3 Å². The van der Waals surface area contributed by atoms with Crippen LogP contribution in [0.15, 0.2) is 18.3 Å². The van der Waals surface area contributed by atoms with Crippen molar-refractivity contribution >= 4 is 17.1 Å². The monoisotopic (exact) mass is 268 g/mol. The lowest BCUT2D eigenvalue weighted by molar-refractivity contribution is -0.0401. The largest absolute Gasteiger partial charge is 0.369 e. The maximum atomic E-state index is 6.29. The van der Waals surface area contributed by atoms with Gasteiger partial charge in [-0.05, 0) is 68.4 Å². The van der Waals surface area contributed by atoms with Crippen LogP contribution in [0.4, 0.5) is 5.95 Å². The summed E-state index contributed by atoms with van der Waals surface area (Å²) in [4.78, 5) is 9.13. The first-order valence-corrected chi connectivity index (χ1v) is 7.83. The van der Waals surface area contributed by atoms with Crippen LogP contribution in [0, 0.1) is 17.8 Å². The second-order valence-corrected chi connectivity index (χ2v) is 7.29. The van der Waals surface area contributed by atoms with Gasteiger partial charge in [-0.1, -0.05) is 0 Å². The Balaban J connectivity index is 1.73. The van der Waals surface area contributed by atoms with Crippen molar-refractivity contribution in [1.29, 1.82) is 0 Å². The Kier molecular flexibility index (Phi) is 1.97. The minimum Gasteiger partial charge on any atom is -0.369 e. The number of imidazole rings is 1. The summed E-state index contributed by atoms with van der Waals surface area (Å²) in [7, 11) is 0. The fourth-order valence-corrected chi connectivity index (χ4v) is 5.74. The van der Waals surface area contributed by atoms with Crippen molar-refractivity contribution in [2.24, 2.45) is 17.8 Å². The number of rotatable bonds is 1. The van der Waals surface area contributed by atoms with E-state index < -0.39 is 0 Å². The molecule has 4 nitrogen and oxygen atoms in total. The molecule has 4 fully saturated rings. The van der Waals surface area contributed by atoms with E-state index in [0.717, 1.165) is 28.9 Å². The maximum absolute atomic E-state index is 6.29. The van der Waals surface area contributed by atoms with Gasteiger partial charge in [0.2, 0.25) is 5.95 Å². The molecule has 4 saturated carbocycles. The van der Waals surface area contributed by atoms with Crippen molar-refractivity contribution in [3.63, 3.8) is 0 Å². The van der Waals surface area contributed by atoms with Gasteiger partial charge in [0.1, 0.15) is 5.52 Å². The molecule has 2 aromatic heterocycles. The van der Waals surface area contributed by atoms with E-state index >= 15 is 0 Å². The number of nitrogen functional groups attached to an aromatic ring is 1. The molecule has 0 unspecified atom stereocenters. The molecule has 4 heteroatoms. The first-order valence-electron chi connectivity index (χ1n) is 7.83. The number of hydrogen-bond acceptors (Lipinski definition) is 3. The SMILES string of the molecule is Nc1nc2cccnc2n1C12CC3CC(CC(C3)C1)C2. The molecule has 0 saturated heterocycles. The zero-order valence-corrected chi connectivity index (χ0v) is 11.6. The van der Waals surface area contributed by atoms with Crippen molar-refractivity contribution < 1.29 is 0 Å². The summed E-state index contributed by atoms with van der Waals surface area (Å²) >= 11 is 0. The zero-order valence-electron chi connectivity index (χ0n) is 11.6. The Bertz CT molecular complexity index is 652. The minimum atomic E-state index is 0.210. The summed E-state index contributed by atoms with van der Waals surface area (Å²) in [6.45, 7) is 0. The van der Waals surface area contributed by atoms with Gasteiger partial charge < -0.3 is 5.73 Å². The number of hydrogen-bond donors (Lipinski definition) is 1. The third kappa shape index (κ3) is 1.32. The quantitative estimate of drug-likeness (QED) is 0.865. The van der Waals surface area contributed by atoms with Crippen molar-refractivity contribution in [1.82, 2.24) is 14.5 Å². The molecule has 4 aliphatic rings. The lowest BCUT2D eigenvalue weighted by atomic mass is 9.53. The molecule has 4 aliphatic carbocycles. The lowest BCUT2D eigenvalue weighted by Gasteiger charge is -2.57. The van der Waals surface area contributed by atoms with Gasteiger partial charge >= 0.3 is 0 Å². The van der Waals surface area contributed by atoms with Crippen LogP contribution in [0.5, 0.6) is 0 Å². The highest BCUT2D eigenvalue weighted by Gasteiger charge is 2.53. The molecule has 0 spiro atoms. The maximum Gasteiger partial charge on any atom is 0.202 e. The fourth-order valence-electron chi connectivity index (χ4n) is 5.74. The van der Waals surface area contributed by atoms with Crippen LogP contribution >= 0.6 is 0 Å². The number of nitrogens with zero attached hydrogens (tertiary/aromatic N) is 3. The molecule has 0 atom stereocenters. The first kappa shape index (κ1) is 11.1. The second kappa shape index (κ2) is 3.54. The molecule has 2 aromatic rings. The summed E-state index contributed by atoms with van der Waals surface area (Å²) in [5.74, 6) is 3.38. The van der Waals surface area contributed by atoms with Crippen LogP contribution in [0.3, 0.4) is 0 Å². The number of fused-ring (bicyclic) bond motifs is 1. The van der Waals surface area contributed by atoms with Crippen LogP contribution in [-0.2, 0) is 5.54 Å². The number of nitrogens with two attached hydrogens (primary N) is 1. The summed E-state index contributed by atoms with van der Waals surface area (Å²) in [5.41, 5.74) is 8.43. The van der Waals surface area contributed by atoms with Crippen molar-refractivity contribution in [2.75, 3.05) is 5.73 Å². The van der Waals surface area contributed by atoms with E-state index in [-0.39, 0.29) is 5.54 Å². The fraction of sp³-hybridized carbons (Fsp3) is 0.625. The highest BCUT2D eigenvalue weighted by molar-refractivity contribution is 5.74. The van der Waals surface area contributed by atoms with E-state index in [1.54, 1.807) is 0 Å². The van der Waals surface area contributed by atoms with Crippen LogP contribution in [0.1, 0.15) is 38.5 Å². The molecule has 0 amide bonds. The third-order valence-electron chi connectivity index (χ3n) is 5.92. The molecule has 104 valence electrons. The zero-order chi connectivity index (χ0) is 13.3. The first-order chi connectivity index (χ1) is 9.73. The Hall–Kier alpha value is -1.58. The number of anilines is 1. The van der Waals surface area contributed by atoms with Crippen LogP contribution in [0.25, 0.3) is 11.2 Å². The van der Waals surface area contributed by atoms with Gasteiger partial charge in [-0.15, -0.1) is 0 Å². The Labute approximate surface area is 118 Å². The topological polar surface area (TPSA) is 56.7 Å². The van der Waals surface area contributed by atoms with Gasteiger partial charge in [0.15, 0.2) is 5.65 Å². The average Bonchev–Trinajstić information content (AvgIpc) is 2.73. The molecule has 0 aromatic carbocycles. The predicted molar refractivity (Wildman–Crippen MR) is 78.1 cm³/mol. The van der Waals surface area contributed by atoms with E-state index in [9.17, 15) is 0 Å². The van der Waals surface area contributed by atoms with Crippen LogP contribution < -0.4 is 5.73 Å². The average molecular weight is 268 g/mol. The molecular formula is C16H20N4. The van der Waals surface area contributed by atoms with E-state index in [2.05, 4.69) is 14.5 Å². The molecule has 6 rings (SSSR count). The molecular weight excluding hydrogens is 248 g/mol. The van der Waals surface area contributed by atoms with E-state index in [1.165, 1.54) is 38.5 Å². The van der Waals surface area contributed by atoms with Crippen molar-refractivity contribution in [3.8, 4) is 0 Å². The van der Waals surface area contributed by atoms with Gasteiger partial charge in [0, 0.05) is 6.20 Å². The minimum absolute atomic E-state index is 0.210. The molecule has 0 radical (unpaired) electrons. The van der Waals surface area contributed by atoms with Gasteiger partial charge in [-0.2, -0.15) is 0 Å². The second-order valence-electron chi connectivity index (χ2n) is 7.29. The molecule has 4 bridgehead atoms. The summed E-state index contributed by atoms with van der Waals surface area (Å²) in [5, 5.41) is 0. The molecule has 20 heavy (non-hydrogen) atoms. The predicted octanol–water partition coefficient (Wildman–Crippen LogP) is 2.94. The highest BCUT2D eigenvalue weighted by atomic mass is 15.2. The van der Waals surface area contributed by atoms with Crippen LogP contribution in [0.2, 0.25) is 0 Å². The van der Waals surface area contributed by atoms with Gasteiger partial charge in [-0.3, -0.25) is 4.57 Å². The summed E-state index contributed by atoms with van der Waals surface area (Å²) < 4.78 is 2.30. The summed E-state index contributed by atoms with van der Waals surface area (Å²) in [6, 6.07) is 3.97. The van der Waals surface area contributed by atoms with Crippen molar-refractivity contribution in [2.45, 2.75) is 44.1 Å². The molecule has 2 N–H and O–H groups in total. The highest BCUT2D eigenvalue weighted by Crippen LogP contribution is 2.59. The Morgan fingerprint density at radius 1 is 1.10 bits per heavy atom. The number of pyridine rings is 1. The van der Waals surface area contributed by atoms with Gasteiger partial charge in [-0.25, -0.2) is 9.97 Å². The summed E-state index contributed by atoms with van der Waals surface area (Å²) in [6.07, 6.45) is 10.0. The molecule has 2 heterocycles. The van der Waals surface area contributed by atoms with Crippen LogP contribution in [-0.4, -0.2) is 14.5 Å².